The van der Waals surface area contributed by atoms with Gasteiger partial charge in [-0.05, 0) is 24.3 Å². The summed E-state index contributed by atoms with van der Waals surface area (Å²) >= 11 is 5.91. The standard InChI is InChI=1S/C12H7ClN4O2/c13-7-2-3-8-9(6-7)17(12(19)16-10(8)18)11-14-4-1-5-15-11/h1-6H,(H,16,18,19). The van der Waals surface area contributed by atoms with Crippen LogP contribution < -0.4 is 11.2 Å². The third kappa shape index (κ3) is 1.92. The molecule has 0 aliphatic heterocycles. The van der Waals surface area contributed by atoms with Crippen LogP contribution in [-0.2, 0) is 0 Å². The SMILES string of the molecule is O=c1[nH]c(=O)n(-c2ncccn2)c2cc(Cl)ccc12. The fraction of sp³-hybridized carbons (Fsp3) is 0. The lowest BCUT2D eigenvalue weighted by atomic mass is 10.2. The van der Waals surface area contributed by atoms with Crippen molar-refractivity contribution < 1.29 is 0 Å². The highest BCUT2D eigenvalue weighted by atomic mass is 35.5. The van der Waals surface area contributed by atoms with Crippen LogP contribution in [0.2, 0.25) is 5.02 Å². The van der Waals surface area contributed by atoms with Gasteiger partial charge in [0.15, 0.2) is 0 Å². The minimum atomic E-state index is -0.606. The van der Waals surface area contributed by atoms with Gasteiger partial charge in [0, 0.05) is 17.4 Å². The van der Waals surface area contributed by atoms with Crippen LogP contribution >= 0.6 is 11.6 Å². The van der Waals surface area contributed by atoms with Gasteiger partial charge in [0.1, 0.15) is 0 Å². The summed E-state index contributed by atoms with van der Waals surface area (Å²) in [5.41, 5.74) is -0.706. The summed E-state index contributed by atoms with van der Waals surface area (Å²) < 4.78 is 1.21. The van der Waals surface area contributed by atoms with Crippen LogP contribution in [0.15, 0.2) is 46.2 Å². The van der Waals surface area contributed by atoms with Crippen molar-refractivity contribution in [3.05, 3.63) is 62.5 Å². The Kier molecular flexibility index (Phi) is 2.64. The van der Waals surface area contributed by atoms with Crippen molar-refractivity contribution in [1.82, 2.24) is 19.5 Å². The molecule has 19 heavy (non-hydrogen) atoms. The topological polar surface area (TPSA) is 80.6 Å². The van der Waals surface area contributed by atoms with Crippen LogP contribution in [0, 0.1) is 0 Å². The number of nitrogens with zero attached hydrogens (tertiary/aromatic N) is 3. The van der Waals surface area contributed by atoms with Crippen molar-refractivity contribution in [3.63, 3.8) is 0 Å². The maximum Gasteiger partial charge on any atom is 0.335 e. The molecule has 0 unspecified atom stereocenters. The van der Waals surface area contributed by atoms with Gasteiger partial charge in [-0.15, -0.1) is 0 Å². The number of benzene rings is 1. The zero-order valence-corrected chi connectivity index (χ0v) is 10.3. The fourth-order valence-corrected chi connectivity index (χ4v) is 1.98. The lowest BCUT2D eigenvalue weighted by molar-refractivity contribution is 0.868. The fourth-order valence-electron chi connectivity index (χ4n) is 1.82. The Hall–Kier alpha value is -2.47. The molecule has 0 radical (unpaired) electrons. The summed E-state index contributed by atoms with van der Waals surface area (Å²) in [6, 6.07) is 6.30. The molecule has 2 aromatic heterocycles. The first-order valence-electron chi connectivity index (χ1n) is 5.39. The molecule has 2 heterocycles. The van der Waals surface area contributed by atoms with Gasteiger partial charge in [-0.3, -0.25) is 9.78 Å². The maximum absolute atomic E-state index is 12.0. The number of rotatable bonds is 1. The van der Waals surface area contributed by atoms with E-state index in [2.05, 4.69) is 15.0 Å². The monoisotopic (exact) mass is 274 g/mol. The number of aromatic nitrogens is 4. The van der Waals surface area contributed by atoms with E-state index >= 15 is 0 Å². The highest BCUT2D eigenvalue weighted by molar-refractivity contribution is 6.31. The molecule has 0 atom stereocenters. The van der Waals surface area contributed by atoms with Crippen LogP contribution in [0.1, 0.15) is 0 Å². The van der Waals surface area contributed by atoms with E-state index in [9.17, 15) is 9.59 Å². The van der Waals surface area contributed by atoms with Crippen molar-refractivity contribution in [2.24, 2.45) is 0 Å². The van der Waals surface area contributed by atoms with Crippen LogP contribution in [0.4, 0.5) is 0 Å². The zero-order valence-electron chi connectivity index (χ0n) is 9.50. The van der Waals surface area contributed by atoms with E-state index in [1.807, 2.05) is 0 Å². The number of halogens is 1. The summed E-state index contributed by atoms with van der Waals surface area (Å²) in [5.74, 6) is 0.177. The van der Waals surface area contributed by atoms with E-state index < -0.39 is 11.2 Å². The third-order valence-corrected chi connectivity index (χ3v) is 2.86. The van der Waals surface area contributed by atoms with E-state index in [-0.39, 0.29) is 5.95 Å². The number of aromatic amines is 1. The number of nitrogens with one attached hydrogen (secondary N) is 1. The van der Waals surface area contributed by atoms with E-state index in [1.165, 1.54) is 23.0 Å². The Morgan fingerprint density at radius 2 is 1.89 bits per heavy atom. The lowest BCUT2D eigenvalue weighted by Gasteiger charge is -2.07. The molecular weight excluding hydrogens is 268 g/mol. The molecule has 0 aliphatic carbocycles. The molecule has 0 saturated heterocycles. The van der Waals surface area contributed by atoms with Gasteiger partial charge < -0.3 is 0 Å². The van der Waals surface area contributed by atoms with Crippen molar-refractivity contribution in [2.75, 3.05) is 0 Å². The lowest BCUT2D eigenvalue weighted by Crippen LogP contribution is -2.30. The number of H-pyrrole nitrogens is 1. The summed E-state index contributed by atoms with van der Waals surface area (Å²) in [7, 11) is 0. The van der Waals surface area contributed by atoms with Gasteiger partial charge in [0.05, 0.1) is 10.9 Å². The summed E-state index contributed by atoms with van der Waals surface area (Å²) in [5, 5.41) is 0.763. The van der Waals surface area contributed by atoms with E-state index in [1.54, 1.807) is 18.2 Å². The minimum Gasteiger partial charge on any atom is -0.273 e. The van der Waals surface area contributed by atoms with Crippen molar-refractivity contribution in [2.45, 2.75) is 0 Å². The van der Waals surface area contributed by atoms with Crippen molar-refractivity contribution >= 4 is 22.5 Å². The molecule has 0 spiro atoms. The van der Waals surface area contributed by atoms with Gasteiger partial charge in [-0.25, -0.2) is 19.3 Å². The minimum absolute atomic E-state index is 0.177. The van der Waals surface area contributed by atoms with Gasteiger partial charge in [-0.1, -0.05) is 11.6 Å². The Morgan fingerprint density at radius 1 is 1.16 bits per heavy atom. The molecular formula is C12H7ClN4O2. The average Bonchev–Trinajstić information content (AvgIpc) is 2.39. The van der Waals surface area contributed by atoms with Crippen LogP contribution in [0.25, 0.3) is 16.9 Å². The normalized spacial score (nSPS) is 10.8. The first-order valence-corrected chi connectivity index (χ1v) is 5.76. The Bertz CT molecular complexity index is 870. The van der Waals surface area contributed by atoms with Gasteiger partial charge in [-0.2, -0.15) is 0 Å². The summed E-state index contributed by atoms with van der Waals surface area (Å²) in [6.45, 7) is 0. The van der Waals surface area contributed by atoms with E-state index in [0.717, 1.165) is 0 Å². The second-order valence-corrected chi connectivity index (χ2v) is 4.24. The molecule has 0 saturated carbocycles. The quantitative estimate of drug-likeness (QED) is 0.721. The van der Waals surface area contributed by atoms with Crippen LogP contribution in [0.3, 0.4) is 0 Å². The molecule has 1 N–H and O–H groups in total. The average molecular weight is 275 g/mol. The molecule has 7 heteroatoms. The highest BCUT2D eigenvalue weighted by Crippen LogP contribution is 2.16. The van der Waals surface area contributed by atoms with Crippen LogP contribution in [0.5, 0.6) is 0 Å². The van der Waals surface area contributed by atoms with Gasteiger partial charge in [0.25, 0.3) is 5.56 Å². The molecule has 94 valence electrons. The van der Waals surface area contributed by atoms with Gasteiger partial charge >= 0.3 is 5.69 Å². The molecule has 0 amide bonds. The predicted molar refractivity (Wildman–Crippen MR) is 70.8 cm³/mol. The molecule has 3 aromatic rings. The predicted octanol–water partition coefficient (Wildman–Crippen LogP) is 1.12. The Balaban J connectivity index is 2.51. The van der Waals surface area contributed by atoms with E-state index in [4.69, 9.17) is 11.6 Å². The molecule has 1 aromatic carbocycles. The highest BCUT2D eigenvalue weighted by Gasteiger charge is 2.11. The van der Waals surface area contributed by atoms with Crippen molar-refractivity contribution in [1.29, 1.82) is 0 Å². The summed E-state index contributed by atoms with van der Waals surface area (Å²) in [4.78, 5) is 33.9. The molecule has 6 nitrogen and oxygen atoms in total. The summed E-state index contributed by atoms with van der Waals surface area (Å²) in [6.07, 6.45) is 3.02. The zero-order chi connectivity index (χ0) is 13.4. The molecule has 0 aliphatic rings. The smallest absolute Gasteiger partial charge is 0.273 e. The number of fused-ring (bicyclic) bond motifs is 1. The van der Waals surface area contributed by atoms with Crippen LogP contribution in [-0.4, -0.2) is 19.5 Å². The number of hydrogen-bond acceptors (Lipinski definition) is 4. The second kappa shape index (κ2) is 4.33. The Labute approximate surface area is 111 Å². The molecule has 0 bridgehead atoms. The molecule has 3 rings (SSSR count). The third-order valence-electron chi connectivity index (χ3n) is 2.62. The first kappa shape index (κ1) is 11.6. The Morgan fingerprint density at radius 3 is 2.63 bits per heavy atom. The molecule has 0 fully saturated rings. The number of hydrogen-bond donors (Lipinski definition) is 1. The van der Waals surface area contributed by atoms with Crippen molar-refractivity contribution in [3.8, 4) is 5.95 Å². The largest absolute Gasteiger partial charge is 0.335 e. The van der Waals surface area contributed by atoms with E-state index in [0.29, 0.717) is 15.9 Å². The second-order valence-electron chi connectivity index (χ2n) is 3.80. The van der Waals surface area contributed by atoms with Gasteiger partial charge in [0.2, 0.25) is 5.95 Å². The first-order chi connectivity index (χ1) is 9.16. The maximum atomic E-state index is 12.0.